The second kappa shape index (κ2) is 11.5. The molecule has 44 heavy (non-hydrogen) atoms. The summed E-state index contributed by atoms with van der Waals surface area (Å²) in [5.41, 5.74) is 2.38. The molecule has 2 aromatic heterocycles. The molecule has 0 bridgehead atoms. The van der Waals surface area contributed by atoms with E-state index >= 15 is 0 Å². The van der Waals surface area contributed by atoms with Crippen LogP contribution in [-0.4, -0.2) is 49.0 Å². The molecule has 3 heterocycles. The molecule has 1 aliphatic rings. The minimum atomic E-state index is -0.321. The van der Waals surface area contributed by atoms with E-state index in [2.05, 4.69) is 15.3 Å². The van der Waals surface area contributed by atoms with Crippen molar-refractivity contribution in [2.75, 3.05) is 12.3 Å². The van der Waals surface area contributed by atoms with E-state index in [1.807, 2.05) is 36.4 Å². The van der Waals surface area contributed by atoms with Gasteiger partial charge in [0.05, 0.1) is 17.6 Å². The van der Waals surface area contributed by atoms with Gasteiger partial charge in [0.1, 0.15) is 5.82 Å². The number of carbonyl (C=O) groups is 2. The third-order valence-electron chi connectivity index (χ3n) is 7.61. The largest absolute Gasteiger partial charge is 0.416 e. The standard InChI is InChI=1S/C33H24FN5O4S/c34-22-13-11-20(12-14-22)19-27-23-7-1-2-8-24(23)32(42)39(37-27)16-15-28-35-36-33(43-28)44-18-17-38-30(40)25-9-3-5-21-6-4-10-26(29(21)25)31(38)41/h1-14H,15-19H2. The summed E-state index contributed by atoms with van der Waals surface area (Å²) in [5, 5.41) is 16.0. The molecule has 7 rings (SSSR count). The summed E-state index contributed by atoms with van der Waals surface area (Å²) in [6, 6.07) is 24.4. The number of nitrogens with zero attached hydrogens (tertiary/aromatic N) is 5. The molecule has 2 amide bonds. The Bertz CT molecular complexity index is 2070. The van der Waals surface area contributed by atoms with E-state index in [0.29, 0.717) is 50.9 Å². The Morgan fingerprint density at radius 1 is 0.773 bits per heavy atom. The van der Waals surface area contributed by atoms with Crippen LogP contribution in [0.5, 0.6) is 0 Å². The topological polar surface area (TPSA) is 111 Å². The number of thioether (sulfide) groups is 1. The number of hydrogen-bond acceptors (Lipinski definition) is 8. The normalized spacial score (nSPS) is 12.9. The van der Waals surface area contributed by atoms with Crippen molar-refractivity contribution in [3.8, 4) is 0 Å². The molecule has 0 radical (unpaired) electrons. The predicted molar refractivity (Wildman–Crippen MR) is 163 cm³/mol. The summed E-state index contributed by atoms with van der Waals surface area (Å²) in [7, 11) is 0. The molecule has 0 aliphatic carbocycles. The summed E-state index contributed by atoms with van der Waals surface area (Å²) in [4.78, 5) is 40.7. The fraction of sp³-hybridized carbons (Fsp3) is 0.152. The van der Waals surface area contributed by atoms with Crippen LogP contribution in [0.1, 0.15) is 37.9 Å². The lowest BCUT2D eigenvalue weighted by molar-refractivity contribution is 0.0621. The second-order valence-electron chi connectivity index (χ2n) is 10.4. The SMILES string of the molecule is O=C1c2cccc3cccc(c23)C(=O)N1CCSc1nnc(CCn2nc(Cc3ccc(F)cc3)c3ccccc3c2=O)o1. The summed E-state index contributed by atoms with van der Waals surface area (Å²) >= 11 is 1.25. The van der Waals surface area contributed by atoms with Crippen molar-refractivity contribution >= 4 is 45.1 Å². The molecule has 6 aromatic rings. The summed E-state index contributed by atoms with van der Waals surface area (Å²) in [5.74, 6) is -0.252. The first-order valence-corrected chi connectivity index (χ1v) is 15.0. The number of imide groups is 1. The number of amides is 2. The molecule has 0 saturated heterocycles. The van der Waals surface area contributed by atoms with Crippen LogP contribution >= 0.6 is 11.8 Å². The molecule has 0 unspecified atom stereocenters. The van der Waals surface area contributed by atoms with Crippen molar-refractivity contribution in [1.82, 2.24) is 24.9 Å². The van der Waals surface area contributed by atoms with Gasteiger partial charge in [-0.1, -0.05) is 66.4 Å². The molecule has 0 atom stereocenters. The van der Waals surface area contributed by atoms with Crippen LogP contribution in [0.25, 0.3) is 21.5 Å². The quantitative estimate of drug-likeness (QED) is 0.161. The second-order valence-corrected chi connectivity index (χ2v) is 11.4. The predicted octanol–water partition coefficient (Wildman–Crippen LogP) is 5.29. The molecule has 0 fully saturated rings. The lowest BCUT2D eigenvalue weighted by Crippen LogP contribution is -2.41. The monoisotopic (exact) mass is 605 g/mol. The highest BCUT2D eigenvalue weighted by Gasteiger charge is 2.32. The molecule has 9 nitrogen and oxygen atoms in total. The molecular weight excluding hydrogens is 581 g/mol. The molecule has 218 valence electrons. The maximum absolute atomic E-state index is 13.4. The zero-order chi connectivity index (χ0) is 30.2. The van der Waals surface area contributed by atoms with Crippen molar-refractivity contribution < 1.29 is 18.4 Å². The van der Waals surface area contributed by atoms with Gasteiger partial charge in [0.25, 0.3) is 22.6 Å². The van der Waals surface area contributed by atoms with Gasteiger partial charge in [0.2, 0.25) is 5.89 Å². The Morgan fingerprint density at radius 2 is 1.48 bits per heavy atom. The van der Waals surface area contributed by atoms with Gasteiger partial charge in [-0.2, -0.15) is 5.10 Å². The highest BCUT2D eigenvalue weighted by atomic mass is 32.2. The molecule has 4 aromatic carbocycles. The van der Waals surface area contributed by atoms with Gasteiger partial charge in [-0.3, -0.25) is 19.3 Å². The molecular formula is C33H24FN5O4S. The third kappa shape index (κ3) is 5.15. The Morgan fingerprint density at radius 3 is 2.20 bits per heavy atom. The van der Waals surface area contributed by atoms with E-state index in [0.717, 1.165) is 16.3 Å². The van der Waals surface area contributed by atoms with Gasteiger partial charge in [-0.15, -0.1) is 10.2 Å². The summed E-state index contributed by atoms with van der Waals surface area (Å²) in [6.45, 7) is 0.395. The number of aromatic nitrogens is 4. The lowest BCUT2D eigenvalue weighted by Gasteiger charge is -2.26. The number of rotatable bonds is 9. The van der Waals surface area contributed by atoms with Crippen LogP contribution in [0, 0.1) is 5.82 Å². The maximum Gasteiger partial charge on any atom is 0.276 e. The van der Waals surface area contributed by atoms with Crippen LogP contribution in [0.4, 0.5) is 4.39 Å². The van der Waals surface area contributed by atoms with Gasteiger partial charge >= 0.3 is 0 Å². The summed E-state index contributed by atoms with van der Waals surface area (Å²) < 4.78 is 20.6. The molecule has 0 spiro atoms. The van der Waals surface area contributed by atoms with Crippen LogP contribution < -0.4 is 5.56 Å². The van der Waals surface area contributed by atoms with Crippen LogP contribution in [0.3, 0.4) is 0 Å². The Hall–Kier alpha value is -5.16. The lowest BCUT2D eigenvalue weighted by atomic mass is 9.94. The fourth-order valence-electron chi connectivity index (χ4n) is 5.49. The van der Waals surface area contributed by atoms with Crippen molar-refractivity contribution in [2.24, 2.45) is 0 Å². The van der Waals surface area contributed by atoms with Gasteiger partial charge < -0.3 is 4.42 Å². The average molecular weight is 606 g/mol. The van der Waals surface area contributed by atoms with Gasteiger partial charge in [-0.25, -0.2) is 9.07 Å². The minimum absolute atomic E-state index is 0.179. The smallest absolute Gasteiger partial charge is 0.276 e. The van der Waals surface area contributed by atoms with Gasteiger partial charge in [0.15, 0.2) is 0 Å². The highest BCUT2D eigenvalue weighted by Crippen LogP contribution is 2.30. The number of halogens is 1. The minimum Gasteiger partial charge on any atom is -0.416 e. The van der Waals surface area contributed by atoms with E-state index in [9.17, 15) is 18.8 Å². The summed E-state index contributed by atoms with van der Waals surface area (Å²) in [6.07, 6.45) is 0.712. The first-order valence-electron chi connectivity index (χ1n) is 14.0. The Kier molecular flexibility index (Phi) is 7.23. The van der Waals surface area contributed by atoms with E-state index in [1.54, 1.807) is 36.4 Å². The van der Waals surface area contributed by atoms with E-state index in [-0.39, 0.29) is 42.7 Å². The molecule has 0 saturated carbocycles. The average Bonchev–Trinajstić information content (AvgIpc) is 3.50. The molecule has 1 aliphatic heterocycles. The van der Waals surface area contributed by atoms with Crippen LogP contribution in [0.2, 0.25) is 0 Å². The Labute approximate surface area is 254 Å². The first kappa shape index (κ1) is 27.7. The molecule has 0 N–H and O–H groups in total. The van der Waals surface area contributed by atoms with E-state index in [1.165, 1.54) is 33.5 Å². The number of carbonyl (C=O) groups excluding carboxylic acids is 2. The van der Waals surface area contributed by atoms with Crippen LogP contribution in [0.15, 0.2) is 99.4 Å². The molecule has 11 heteroatoms. The van der Waals surface area contributed by atoms with E-state index in [4.69, 9.17) is 4.42 Å². The van der Waals surface area contributed by atoms with Crippen LogP contribution in [-0.2, 0) is 19.4 Å². The van der Waals surface area contributed by atoms with Crippen molar-refractivity contribution in [2.45, 2.75) is 24.6 Å². The fourth-order valence-corrected chi connectivity index (χ4v) is 6.19. The highest BCUT2D eigenvalue weighted by molar-refractivity contribution is 7.99. The zero-order valence-corrected chi connectivity index (χ0v) is 24.1. The van der Waals surface area contributed by atoms with Gasteiger partial charge in [-0.05, 0) is 41.3 Å². The van der Waals surface area contributed by atoms with Crippen molar-refractivity contribution in [1.29, 1.82) is 0 Å². The zero-order valence-electron chi connectivity index (χ0n) is 23.3. The Balaban J connectivity index is 1.02. The number of aryl methyl sites for hydroxylation is 2. The maximum atomic E-state index is 13.4. The number of hydrogen-bond donors (Lipinski definition) is 0. The van der Waals surface area contributed by atoms with Crippen molar-refractivity contribution in [3.63, 3.8) is 0 Å². The van der Waals surface area contributed by atoms with E-state index < -0.39 is 0 Å². The number of benzene rings is 4. The van der Waals surface area contributed by atoms with Crippen molar-refractivity contribution in [3.05, 3.63) is 129 Å². The first-order chi connectivity index (χ1) is 21.5. The van der Waals surface area contributed by atoms with Gasteiger partial charge in [0, 0.05) is 47.0 Å². The number of fused-ring (bicyclic) bond motifs is 1. The third-order valence-corrected chi connectivity index (χ3v) is 8.41.